The van der Waals surface area contributed by atoms with Crippen LogP contribution >= 0.6 is 0 Å². The zero-order chi connectivity index (χ0) is 28.2. The van der Waals surface area contributed by atoms with Crippen LogP contribution in [-0.4, -0.2) is 12.6 Å². The van der Waals surface area contributed by atoms with E-state index in [1.54, 1.807) is 30.3 Å². The minimum absolute atomic E-state index is 0.0590. The summed E-state index contributed by atoms with van der Waals surface area (Å²) >= 11 is 0. The highest BCUT2D eigenvalue weighted by molar-refractivity contribution is 5.75. The quantitative estimate of drug-likeness (QED) is 0.128. The van der Waals surface area contributed by atoms with Crippen LogP contribution in [0.2, 0.25) is 0 Å². The Kier molecular flexibility index (Phi) is 12.7. The number of esters is 1. The largest absolute Gasteiger partial charge is 0.490 e. The molecule has 216 valence electrons. The number of hydrogen-bond donors (Lipinski definition) is 0. The fourth-order valence-corrected chi connectivity index (χ4v) is 5.53. The first-order chi connectivity index (χ1) is 18.8. The minimum atomic E-state index is -0.972. The van der Waals surface area contributed by atoms with Crippen LogP contribution < -0.4 is 9.47 Å². The Morgan fingerprint density at radius 2 is 1.59 bits per heavy atom. The van der Waals surface area contributed by atoms with Gasteiger partial charge in [0, 0.05) is 5.56 Å². The SMILES string of the molecule is CCCCCC1CCC(C(=O)Oc2ccc(-c3ccc(OCCC(C)CCCC(C)C)c(F)c3F)cc2)CC1. The molecule has 2 aromatic rings. The van der Waals surface area contributed by atoms with Crippen molar-refractivity contribution in [2.45, 2.75) is 105 Å². The lowest BCUT2D eigenvalue weighted by molar-refractivity contribution is -0.140. The highest BCUT2D eigenvalue weighted by Gasteiger charge is 2.27. The topological polar surface area (TPSA) is 35.5 Å². The van der Waals surface area contributed by atoms with Gasteiger partial charge in [-0.05, 0) is 79.7 Å². The first kappa shape index (κ1) is 31.1. The summed E-state index contributed by atoms with van der Waals surface area (Å²) in [5, 5.41) is 0. The summed E-state index contributed by atoms with van der Waals surface area (Å²) in [5.41, 5.74) is 0.672. The van der Waals surface area contributed by atoms with Crippen molar-refractivity contribution in [3.8, 4) is 22.6 Å². The predicted octanol–water partition coefficient (Wildman–Crippen LogP) is 10.2. The normalized spacial score (nSPS) is 18.2. The van der Waals surface area contributed by atoms with Crippen LogP contribution in [0.15, 0.2) is 36.4 Å². The number of unbranched alkanes of at least 4 members (excludes halogenated alkanes) is 2. The summed E-state index contributed by atoms with van der Waals surface area (Å²) in [4.78, 5) is 12.7. The van der Waals surface area contributed by atoms with Crippen molar-refractivity contribution in [1.29, 1.82) is 0 Å². The van der Waals surface area contributed by atoms with E-state index in [2.05, 4.69) is 27.7 Å². The molecule has 0 N–H and O–H groups in total. The van der Waals surface area contributed by atoms with Crippen LogP contribution in [0.25, 0.3) is 11.1 Å². The summed E-state index contributed by atoms with van der Waals surface area (Å²) in [6.45, 7) is 9.20. The Morgan fingerprint density at radius 1 is 0.872 bits per heavy atom. The van der Waals surface area contributed by atoms with E-state index in [4.69, 9.17) is 9.47 Å². The van der Waals surface area contributed by atoms with Gasteiger partial charge in [-0.2, -0.15) is 4.39 Å². The first-order valence-electron chi connectivity index (χ1n) is 15.2. The van der Waals surface area contributed by atoms with Gasteiger partial charge in [0.15, 0.2) is 11.6 Å². The standard InChI is InChI=1S/C34H48F2O3/c1-5-6-7-11-26-12-14-28(15-13-26)34(37)39-29-18-16-27(17-19-29)30-20-21-31(33(36)32(30)35)38-23-22-25(4)10-8-9-24(2)3/h16-21,24-26,28H,5-15,22-23H2,1-4H3. The van der Waals surface area contributed by atoms with E-state index >= 15 is 0 Å². The Labute approximate surface area is 234 Å². The van der Waals surface area contributed by atoms with Gasteiger partial charge in [0.05, 0.1) is 12.5 Å². The predicted molar refractivity (Wildman–Crippen MR) is 155 cm³/mol. The molecule has 3 rings (SSSR count). The summed E-state index contributed by atoms with van der Waals surface area (Å²) < 4.78 is 40.9. The Hall–Kier alpha value is -2.43. The number of halogens is 2. The molecule has 1 fully saturated rings. The number of carbonyl (C=O) groups excluding carboxylic acids is 1. The number of hydrogen-bond acceptors (Lipinski definition) is 3. The van der Waals surface area contributed by atoms with Crippen LogP contribution in [0, 0.1) is 35.3 Å². The zero-order valence-corrected chi connectivity index (χ0v) is 24.4. The van der Waals surface area contributed by atoms with E-state index in [0.717, 1.165) is 44.4 Å². The lowest BCUT2D eigenvalue weighted by Gasteiger charge is -2.27. The van der Waals surface area contributed by atoms with Crippen molar-refractivity contribution in [2.75, 3.05) is 6.61 Å². The van der Waals surface area contributed by atoms with Gasteiger partial charge in [-0.15, -0.1) is 0 Å². The van der Waals surface area contributed by atoms with Crippen molar-refractivity contribution in [3.05, 3.63) is 48.0 Å². The maximum Gasteiger partial charge on any atom is 0.314 e. The van der Waals surface area contributed by atoms with Gasteiger partial charge in [-0.25, -0.2) is 4.39 Å². The van der Waals surface area contributed by atoms with E-state index in [0.29, 0.717) is 29.8 Å². The molecule has 1 atom stereocenters. The van der Waals surface area contributed by atoms with Crippen LogP contribution in [0.4, 0.5) is 8.78 Å². The Morgan fingerprint density at radius 3 is 2.26 bits per heavy atom. The third kappa shape index (κ3) is 9.92. The molecule has 39 heavy (non-hydrogen) atoms. The second kappa shape index (κ2) is 16.0. The maximum atomic E-state index is 14.9. The molecule has 0 heterocycles. The molecular weight excluding hydrogens is 494 g/mol. The van der Waals surface area contributed by atoms with Crippen molar-refractivity contribution < 1.29 is 23.0 Å². The molecule has 0 radical (unpaired) electrons. The molecule has 2 aromatic carbocycles. The maximum absolute atomic E-state index is 14.9. The van der Waals surface area contributed by atoms with Gasteiger partial charge in [0.2, 0.25) is 5.82 Å². The second-order valence-corrected chi connectivity index (χ2v) is 12.0. The summed E-state index contributed by atoms with van der Waals surface area (Å²) in [7, 11) is 0. The van der Waals surface area contributed by atoms with Crippen molar-refractivity contribution in [3.63, 3.8) is 0 Å². The highest BCUT2D eigenvalue weighted by atomic mass is 19.2. The smallest absolute Gasteiger partial charge is 0.314 e. The van der Waals surface area contributed by atoms with Gasteiger partial charge in [-0.1, -0.05) is 84.8 Å². The molecule has 1 aliphatic rings. The third-order valence-corrected chi connectivity index (χ3v) is 8.17. The number of rotatable bonds is 15. The van der Waals surface area contributed by atoms with Crippen LogP contribution in [0.3, 0.4) is 0 Å². The van der Waals surface area contributed by atoms with Crippen LogP contribution in [0.5, 0.6) is 11.5 Å². The first-order valence-corrected chi connectivity index (χ1v) is 15.2. The van der Waals surface area contributed by atoms with Crippen LogP contribution in [0.1, 0.15) is 105 Å². The van der Waals surface area contributed by atoms with Crippen LogP contribution in [-0.2, 0) is 4.79 Å². The van der Waals surface area contributed by atoms with E-state index in [9.17, 15) is 13.6 Å². The van der Waals surface area contributed by atoms with Crippen molar-refractivity contribution >= 4 is 5.97 Å². The minimum Gasteiger partial charge on any atom is -0.490 e. The summed E-state index contributed by atoms with van der Waals surface area (Å²) in [6.07, 6.45) is 13.3. The second-order valence-electron chi connectivity index (χ2n) is 12.0. The molecule has 0 saturated heterocycles. The molecule has 0 bridgehead atoms. The molecule has 3 nitrogen and oxygen atoms in total. The van der Waals surface area contributed by atoms with Crippen molar-refractivity contribution in [1.82, 2.24) is 0 Å². The average Bonchev–Trinajstić information content (AvgIpc) is 2.92. The Balaban J connectivity index is 1.49. The van der Waals surface area contributed by atoms with E-state index in [1.165, 1.54) is 44.6 Å². The molecule has 0 aromatic heterocycles. The summed E-state index contributed by atoms with van der Waals surface area (Å²) in [6, 6.07) is 9.64. The fourth-order valence-electron chi connectivity index (χ4n) is 5.53. The monoisotopic (exact) mass is 542 g/mol. The molecule has 0 amide bonds. The van der Waals surface area contributed by atoms with E-state index in [-0.39, 0.29) is 23.2 Å². The van der Waals surface area contributed by atoms with Gasteiger partial charge in [0.25, 0.3) is 0 Å². The molecule has 0 aliphatic heterocycles. The van der Waals surface area contributed by atoms with Gasteiger partial charge < -0.3 is 9.47 Å². The molecule has 1 saturated carbocycles. The molecular formula is C34H48F2O3. The van der Waals surface area contributed by atoms with Crippen molar-refractivity contribution in [2.24, 2.45) is 23.7 Å². The third-order valence-electron chi connectivity index (χ3n) is 8.17. The number of benzene rings is 2. The average molecular weight is 543 g/mol. The molecule has 1 aliphatic carbocycles. The molecule has 0 spiro atoms. The molecule has 1 unspecified atom stereocenters. The number of carbonyl (C=O) groups is 1. The number of ether oxygens (including phenoxy) is 2. The summed E-state index contributed by atoms with van der Waals surface area (Å²) in [5.74, 6) is 0.123. The van der Waals surface area contributed by atoms with E-state index in [1.807, 2.05) is 0 Å². The zero-order valence-electron chi connectivity index (χ0n) is 24.4. The van der Waals surface area contributed by atoms with E-state index < -0.39 is 11.6 Å². The fraction of sp³-hybridized carbons (Fsp3) is 0.618. The van der Waals surface area contributed by atoms with Gasteiger partial charge in [-0.3, -0.25) is 4.79 Å². The molecule has 5 heteroatoms. The lowest BCUT2D eigenvalue weighted by atomic mass is 9.80. The lowest BCUT2D eigenvalue weighted by Crippen LogP contribution is -2.25. The Bertz CT molecular complexity index is 1010. The highest BCUT2D eigenvalue weighted by Crippen LogP contribution is 2.34. The van der Waals surface area contributed by atoms with Gasteiger partial charge >= 0.3 is 5.97 Å². The van der Waals surface area contributed by atoms with Gasteiger partial charge in [0.1, 0.15) is 5.75 Å².